The number of hydrogen-bond donors (Lipinski definition) is 1. The molecule has 0 bridgehead atoms. The molecule has 0 unspecified atom stereocenters. The minimum absolute atomic E-state index is 0.149. The lowest BCUT2D eigenvalue weighted by Crippen LogP contribution is -2.20. The number of carbonyl (C=O) groups is 1. The predicted molar refractivity (Wildman–Crippen MR) is 114 cm³/mol. The molecule has 5 nitrogen and oxygen atoms in total. The maximum atomic E-state index is 12.8. The Bertz CT molecular complexity index is 1060. The lowest BCUT2D eigenvalue weighted by atomic mass is 9.92. The number of hydrogen-bond acceptors (Lipinski definition) is 3. The van der Waals surface area contributed by atoms with Crippen molar-refractivity contribution in [1.82, 2.24) is 9.55 Å². The molecular weight excluding hydrogens is 407 g/mol. The molecule has 2 heterocycles. The van der Waals surface area contributed by atoms with Crippen molar-refractivity contribution in [2.75, 3.05) is 11.9 Å². The van der Waals surface area contributed by atoms with E-state index in [1.807, 2.05) is 38.5 Å². The molecular formula is C23H26F3N3O2. The van der Waals surface area contributed by atoms with E-state index in [1.54, 1.807) is 12.1 Å². The highest BCUT2D eigenvalue weighted by Gasteiger charge is 2.30. The summed E-state index contributed by atoms with van der Waals surface area (Å²) in [5.74, 6) is 0.657. The van der Waals surface area contributed by atoms with Crippen LogP contribution in [0.25, 0.3) is 11.0 Å². The van der Waals surface area contributed by atoms with E-state index in [-0.39, 0.29) is 11.3 Å². The van der Waals surface area contributed by atoms with Gasteiger partial charge in [0.2, 0.25) is 5.91 Å². The Kier molecular flexibility index (Phi) is 6.29. The van der Waals surface area contributed by atoms with Gasteiger partial charge in [-0.1, -0.05) is 32.9 Å². The van der Waals surface area contributed by atoms with Crippen LogP contribution in [-0.4, -0.2) is 22.1 Å². The highest BCUT2D eigenvalue weighted by molar-refractivity contribution is 5.93. The summed E-state index contributed by atoms with van der Waals surface area (Å²) in [5.41, 5.74) is 1.31. The van der Waals surface area contributed by atoms with Crippen molar-refractivity contribution >= 4 is 22.8 Å². The Morgan fingerprint density at radius 1 is 1.13 bits per heavy atom. The second-order valence-corrected chi connectivity index (χ2v) is 8.60. The van der Waals surface area contributed by atoms with Gasteiger partial charge in [-0.2, -0.15) is 13.2 Å². The number of alkyl halides is 3. The zero-order valence-corrected chi connectivity index (χ0v) is 18.0. The number of fused-ring (bicyclic) bond motifs is 1. The number of nitrogens with zero attached hydrogens (tertiary/aromatic N) is 2. The molecule has 8 heteroatoms. The van der Waals surface area contributed by atoms with Crippen LogP contribution < -0.4 is 10.1 Å². The molecule has 0 atom stereocenters. The summed E-state index contributed by atoms with van der Waals surface area (Å²) >= 11 is 0. The summed E-state index contributed by atoms with van der Waals surface area (Å²) in [5, 5.41) is 2.83. The van der Waals surface area contributed by atoms with E-state index < -0.39 is 11.7 Å². The van der Waals surface area contributed by atoms with Gasteiger partial charge in [0, 0.05) is 25.2 Å². The first-order valence-electron chi connectivity index (χ1n) is 10.0. The minimum atomic E-state index is -4.36. The topological polar surface area (TPSA) is 56.1 Å². The largest absolute Gasteiger partial charge is 0.490 e. The van der Waals surface area contributed by atoms with E-state index >= 15 is 0 Å². The monoisotopic (exact) mass is 433 g/mol. The number of amides is 1. The molecule has 1 N–H and O–H groups in total. The van der Waals surface area contributed by atoms with Crippen LogP contribution in [0.3, 0.4) is 0 Å². The molecule has 31 heavy (non-hydrogen) atoms. The molecule has 0 fully saturated rings. The SMILES string of the molecule is CCOc1cc2c(ccn2Cc2ccc(C(F)(F)F)cc2)nc1NC(=O)CC(C)(C)C. The quantitative estimate of drug-likeness (QED) is 0.528. The number of benzene rings is 1. The van der Waals surface area contributed by atoms with Crippen LogP contribution in [0.5, 0.6) is 5.75 Å². The number of pyridine rings is 1. The Labute approximate surface area is 179 Å². The van der Waals surface area contributed by atoms with Crippen molar-refractivity contribution in [3.05, 3.63) is 53.7 Å². The maximum Gasteiger partial charge on any atom is 0.416 e. The maximum absolute atomic E-state index is 12.8. The first kappa shape index (κ1) is 22.7. The second-order valence-electron chi connectivity index (χ2n) is 8.60. The third kappa shape index (κ3) is 5.77. The van der Waals surface area contributed by atoms with Crippen LogP contribution in [0.2, 0.25) is 0 Å². The summed E-state index contributed by atoms with van der Waals surface area (Å²) in [6, 6.07) is 8.68. The molecule has 0 aliphatic carbocycles. The summed E-state index contributed by atoms with van der Waals surface area (Å²) in [6.07, 6.45) is -2.21. The van der Waals surface area contributed by atoms with Crippen molar-refractivity contribution in [2.45, 2.75) is 46.8 Å². The molecule has 0 saturated carbocycles. The zero-order chi connectivity index (χ0) is 22.8. The van der Waals surface area contributed by atoms with Crippen molar-refractivity contribution in [3.63, 3.8) is 0 Å². The van der Waals surface area contributed by atoms with Gasteiger partial charge in [-0.3, -0.25) is 4.79 Å². The molecule has 0 aliphatic heterocycles. The van der Waals surface area contributed by atoms with E-state index in [2.05, 4.69) is 10.3 Å². The number of carbonyl (C=O) groups excluding carboxylic acids is 1. The molecule has 0 saturated heterocycles. The van der Waals surface area contributed by atoms with E-state index in [0.29, 0.717) is 36.7 Å². The lowest BCUT2D eigenvalue weighted by Gasteiger charge is -2.18. The molecule has 2 aromatic heterocycles. The average Bonchev–Trinajstić information content (AvgIpc) is 3.02. The Morgan fingerprint density at radius 3 is 2.39 bits per heavy atom. The molecule has 1 aromatic carbocycles. The smallest absolute Gasteiger partial charge is 0.416 e. The Balaban J connectivity index is 1.88. The van der Waals surface area contributed by atoms with Crippen molar-refractivity contribution < 1.29 is 22.7 Å². The minimum Gasteiger partial charge on any atom is -0.490 e. The fourth-order valence-electron chi connectivity index (χ4n) is 3.24. The van der Waals surface area contributed by atoms with Gasteiger partial charge in [0.1, 0.15) is 0 Å². The summed E-state index contributed by atoms with van der Waals surface area (Å²) in [4.78, 5) is 16.9. The third-order valence-electron chi connectivity index (χ3n) is 4.60. The molecule has 3 aromatic rings. The normalized spacial score (nSPS) is 12.2. The van der Waals surface area contributed by atoms with Crippen LogP contribution in [-0.2, 0) is 17.5 Å². The van der Waals surface area contributed by atoms with Gasteiger partial charge in [-0.25, -0.2) is 4.98 Å². The van der Waals surface area contributed by atoms with Crippen LogP contribution in [0, 0.1) is 5.41 Å². The third-order valence-corrected chi connectivity index (χ3v) is 4.60. The summed E-state index contributed by atoms with van der Waals surface area (Å²) in [6.45, 7) is 8.56. The van der Waals surface area contributed by atoms with E-state index in [9.17, 15) is 18.0 Å². The van der Waals surface area contributed by atoms with Crippen LogP contribution in [0.4, 0.5) is 19.0 Å². The fraction of sp³-hybridized carbons (Fsp3) is 0.391. The lowest BCUT2D eigenvalue weighted by molar-refractivity contribution is -0.137. The fourth-order valence-corrected chi connectivity index (χ4v) is 3.24. The van der Waals surface area contributed by atoms with Crippen molar-refractivity contribution in [2.24, 2.45) is 5.41 Å². The highest BCUT2D eigenvalue weighted by Crippen LogP contribution is 2.31. The number of anilines is 1. The Morgan fingerprint density at radius 2 is 1.81 bits per heavy atom. The van der Waals surface area contributed by atoms with Crippen molar-refractivity contribution in [1.29, 1.82) is 0 Å². The average molecular weight is 433 g/mol. The van der Waals surface area contributed by atoms with Gasteiger partial charge in [0.05, 0.1) is 23.2 Å². The van der Waals surface area contributed by atoms with Gasteiger partial charge in [-0.15, -0.1) is 0 Å². The van der Waals surface area contributed by atoms with Crippen molar-refractivity contribution in [3.8, 4) is 5.75 Å². The van der Waals surface area contributed by atoms with Crippen LogP contribution in [0.15, 0.2) is 42.6 Å². The first-order valence-corrected chi connectivity index (χ1v) is 10.0. The molecule has 0 aliphatic rings. The zero-order valence-electron chi connectivity index (χ0n) is 18.0. The number of halogens is 3. The molecule has 0 spiro atoms. The number of rotatable bonds is 6. The highest BCUT2D eigenvalue weighted by atomic mass is 19.4. The standard InChI is InChI=1S/C23H26F3N3O2/c1-5-31-19-12-18-17(27-21(19)28-20(30)13-22(2,3)4)10-11-29(18)14-15-6-8-16(9-7-15)23(24,25)26/h6-12H,5,13-14H2,1-4H3,(H,27,28,30). The van der Waals surface area contributed by atoms with Gasteiger partial charge < -0.3 is 14.6 Å². The molecule has 1 amide bonds. The number of nitrogens with one attached hydrogen (secondary N) is 1. The first-order chi connectivity index (χ1) is 14.5. The van der Waals surface area contributed by atoms with Crippen LogP contribution >= 0.6 is 0 Å². The number of aromatic nitrogens is 2. The van der Waals surface area contributed by atoms with Gasteiger partial charge >= 0.3 is 6.18 Å². The molecule has 0 radical (unpaired) electrons. The van der Waals surface area contributed by atoms with Gasteiger partial charge in [0.25, 0.3) is 0 Å². The Hall–Kier alpha value is -3.03. The summed E-state index contributed by atoms with van der Waals surface area (Å²) < 4.78 is 45.9. The number of ether oxygens (including phenoxy) is 1. The van der Waals surface area contributed by atoms with Gasteiger partial charge in [0.15, 0.2) is 11.6 Å². The van der Waals surface area contributed by atoms with Gasteiger partial charge in [-0.05, 0) is 36.1 Å². The summed E-state index contributed by atoms with van der Waals surface area (Å²) in [7, 11) is 0. The van der Waals surface area contributed by atoms with E-state index in [4.69, 9.17) is 4.74 Å². The van der Waals surface area contributed by atoms with E-state index in [1.165, 1.54) is 12.1 Å². The van der Waals surface area contributed by atoms with Crippen LogP contribution in [0.1, 0.15) is 45.2 Å². The predicted octanol–water partition coefficient (Wildman–Crippen LogP) is 5.88. The van der Waals surface area contributed by atoms with E-state index in [0.717, 1.165) is 23.2 Å². The second kappa shape index (κ2) is 8.61. The molecule has 3 rings (SSSR count). The molecule has 166 valence electrons.